The molecule has 0 saturated heterocycles. The van der Waals surface area contributed by atoms with E-state index in [0.717, 1.165) is 19.3 Å². The van der Waals surface area contributed by atoms with Crippen LogP contribution >= 0.6 is 11.6 Å². The number of nitriles is 1. The van der Waals surface area contributed by atoms with E-state index in [-0.39, 0.29) is 17.4 Å². The van der Waals surface area contributed by atoms with Gasteiger partial charge in [0.05, 0.1) is 16.7 Å². The summed E-state index contributed by atoms with van der Waals surface area (Å²) in [4.78, 5) is 11.4. The van der Waals surface area contributed by atoms with Crippen LogP contribution in [0.25, 0.3) is 0 Å². The molecule has 1 aromatic rings. The van der Waals surface area contributed by atoms with Crippen LogP contribution in [0.3, 0.4) is 0 Å². The Labute approximate surface area is 170 Å². The molecule has 1 rings (SSSR count). The lowest BCUT2D eigenvalue weighted by Gasteiger charge is -2.19. The summed E-state index contributed by atoms with van der Waals surface area (Å²) in [7, 11) is 0. The number of carbonyl (C=O) groups is 1. The SMILES string of the molecule is CCC(C)Oc1ccc(C#N)c(Cl)c1.CCCC(C)NC(=O)CC(C)(C)C. The van der Waals surface area contributed by atoms with Gasteiger partial charge >= 0.3 is 0 Å². The Morgan fingerprint density at radius 2 is 1.93 bits per heavy atom. The minimum atomic E-state index is 0.0933. The maximum atomic E-state index is 11.4. The zero-order chi connectivity index (χ0) is 21.0. The molecule has 1 N–H and O–H groups in total. The monoisotopic (exact) mass is 394 g/mol. The first-order chi connectivity index (χ1) is 12.5. The number of carbonyl (C=O) groups excluding carboxylic acids is 1. The summed E-state index contributed by atoms with van der Waals surface area (Å²) in [6, 6.07) is 7.42. The molecule has 0 spiro atoms. The van der Waals surface area contributed by atoms with Crippen LogP contribution in [-0.4, -0.2) is 18.1 Å². The zero-order valence-corrected chi connectivity index (χ0v) is 18.6. The Morgan fingerprint density at radius 3 is 2.37 bits per heavy atom. The largest absolute Gasteiger partial charge is 0.491 e. The van der Waals surface area contributed by atoms with Crippen molar-refractivity contribution in [2.45, 2.75) is 86.3 Å². The van der Waals surface area contributed by atoms with E-state index in [4.69, 9.17) is 21.6 Å². The standard InChI is InChI=1S/C11H12ClNO.C11H23NO/c1-3-8(2)14-10-5-4-9(7-13)11(12)6-10;1-6-7-9(2)12-10(13)8-11(3,4)5/h4-6,8H,3H2,1-2H3;9H,6-8H2,1-5H3,(H,12,13). The average Bonchev–Trinajstić information content (AvgIpc) is 2.53. The fourth-order valence-corrected chi connectivity index (χ4v) is 2.50. The Morgan fingerprint density at radius 1 is 1.30 bits per heavy atom. The second-order valence-electron chi connectivity index (χ2n) is 8.08. The number of ether oxygens (including phenoxy) is 1. The number of amides is 1. The number of benzene rings is 1. The van der Waals surface area contributed by atoms with Gasteiger partial charge in [0, 0.05) is 18.5 Å². The van der Waals surface area contributed by atoms with E-state index < -0.39 is 0 Å². The third-order valence-electron chi connectivity index (χ3n) is 3.79. The number of nitrogens with zero attached hydrogens (tertiary/aromatic N) is 1. The van der Waals surface area contributed by atoms with Crippen LogP contribution in [0.5, 0.6) is 5.75 Å². The summed E-state index contributed by atoms with van der Waals surface area (Å²) < 4.78 is 5.55. The highest BCUT2D eigenvalue weighted by atomic mass is 35.5. The summed E-state index contributed by atoms with van der Waals surface area (Å²) >= 11 is 5.85. The summed E-state index contributed by atoms with van der Waals surface area (Å²) in [5.74, 6) is 0.886. The molecule has 27 heavy (non-hydrogen) atoms. The van der Waals surface area contributed by atoms with E-state index in [0.29, 0.717) is 28.8 Å². The third-order valence-corrected chi connectivity index (χ3v) is 4.11. The fraction of sp³-hybridized carbons (Fsp3) is 0.636. The van der Waals surface area contributed by atoms with Gasteiger partial charge in [-0.3, -0.25) is 4.79 Å². The van der Waals surface area contributed by atoms with Crippen molar-refractivity contribution in [2.24, 2.45) is 5.41 Å². The highest BCUT2D eigenvalue weighted by Gasteiger charge is 2.16. The molecule has 152 valence electrons. The molecule has 1 aromatic carbocycles. The first kappa shape index (κ1) is 25.3. The Hall–Kier alpha value is -1.73. The van der Waals surface area contributed by atoms with Crippen molar-refractivity contribution in [3.8, 4) is 11.8 Å². The zero-order valence-electron chi connectivity index (χ0n) is 17.9. The lowest BCUT2D eigenvalue weighted by molar-refractivity contribution is -0.123. The predicted molar refractivity (Wildman–Crippen MR) is 113 cm³/mol. The van der Waals surface area contributed by atoms with Gasteiger partial charge in [-0.1, -0.05) is 52.6 Å². The van der Waals surface area contributed by atoms with Crippen molar-refractivity contribution in [1.82, 2.24) is 5.32 Å². The van der Waals surface area contributed by atoms with Gasteiger partial charge in [-0.05, 0) is 44.2 Å². The van der Waals surface area contributed by atoms with Gasteiger partial charge in [0.25, 0.3) is 0 Å². The lowest BCUT2D eigenvalue weighted by atomic mass is 9.92. The van der Waals surface area contributed by atoms with Crippen LogP contribution in [0.15, 0.2) is 18.2 Å². The minimum Gasteiger partial charge on any atom is -0.491 e. The van der Waals surface area contributed by atoms with E-state index in [9.17, 15) is 4.79 Å². The van der Waals surface area contributed by atoms with Crippen LogP contribution in [0.2, 0.25) is 5.02 Å². The van der Waals surface area contributed by atoms with Gasteiger partial charge in [0.15, 0.2) is 0 Å². The van der Waals surface area contributed by atoms with E-state index in [1.165, 1.54) is 0 Å². The van der Waals surface area contributed by atoms with E-state index in [1.54, 1.807) is 18.2 Å². The van der Waals surface area contributed by atoms with E-state index in [1.807, 2.05) is 13.0 Å². The topological polar surface area (TPSA) is 62.1 Å². The molecule has 0 radical (unpaired) electrons. The second-order valence-corrected chi connectivity index (χ2v) is 8.49. The fourth-order valence-electron chi connectivity index (χ4n) is 2.29. The van der Waals surface area contributed by atoms with E-state index >= 15 is 0 Å². The van der Waals surface area contributed by atoms with Crippen LogP contribution in [0.1, 0.15) is 79.7 Å². The number of rotatable bonds is 7. The minimum absolute atomic E-state index is 0.0933. The molecule has 0 heterocycles. The second kappa shape index (κ2) is 12.6. The molecule has 0 aromatic heterocycles. The van der Waals surface area contributed by atoms with Crippen molar-refractivity contribution < 1.29 is 9.53 Å². The van der Waals surface area contributed by atoms with Crippen LogP contribution in [-0.2, 0) is 4.79 Å². The Kier molecular flexibility index (Phi) is 11.8. The van der Waals surface area contributed by atoms with Gasteiger partial charge in [-0.2, -0.15) is 5.26 Å². The molecule has 4 nitrogen and oxygen atoms in total. The Bertz CT molecular complexity index is 618. The molecule has 5 heteroatoms. The van der Waals surface area contributed by atoms with Crippen LogP contribution < -0.4 is 10.1 Å². The van der Waals surface area contributed by atoms with Crippen molar-refractivity contribution in [3.05, 3.63) is 28.8 Å². The molecule has 0 aliphatic carbocycles. The summed E-state index contributed by atoms with van der Waals surface area (Å²) in [6.45, 7) is 14.5. The third kappa shape index (κ3) is 12.3. The van der Waals surface area contributed by atoms with Gasteiger partial charge in [-0.15, -0.1) is 0 Å². The smallest absolute Gasteiger partial charge is 0.220 e. The number of nitrogens with one attached hydrogen (secondary N) is 1. The summed E-state index contributed by atoms with van der Waals surface area (Å²) in [5, 5.41) is 12.1. The molecule has 1 amide bonds. The Balaban J connectivity index is 0.000000503. The van der Waals surface area contributed by atoms with Gasteiger partial charge < -0.3 is 10.1 Å². The quantitative estimate of drug-likeness (QED) is 0.606. The van der Waals surface area contributed by atoms with Gasteiger partial charge in [0.2, 0.25) is 5.91 Å². The molecule has 2 atom stereocenters. The average molecular weight is 395 g/mol. The first-order valence-electron chi connectivity index (χ1n) is 9.68. The highest BCUT2D eigenvalue weighted by Crippen LogP contribution is 2.23. The van der Waals surface area contributed by atoms with Gasteiger partial charge in [0.1, 0.15) is 11.8 Å². The van der Waals surface area contributed by atoms with Crippen LogP contribution in [0, 0.1) is 16.7 Å². The molecule has 2 unspecified atom stereocenters. The summed E-state index contributed by atoms with van der Waals surface area (Å²) in [5.41, 5.74) is 0.568. The van der Waals surface area contributed by atoms with Gasteiger partial charge in [-0.25, -0.2) is 0 Å². The maximum Gasteiger partial charge on any atom is 0.220 e. The number of hydrogen-bond donors (Lipinski definition) is 1. The molecular weight excluding hydrogens is 360 g/mol. The summed E-state index contributed by atoms with van der Waals surface area (Å²) in [6.07, 6.45) is 3.91. The van der Waals surface area contributed by atoms with Crippen LogP contribution in [0.4, 0.5) is 0 Å². The first-order valence-corrected chi connectivity index (χ1v) is 10.1. The van der Waals surface area contributed by atoms with Crippen molar-refractivity contribution >= 4 is 17.5 Å². The molecular formula is C22H35ClN2O2. The molecule has 0 aliphatic heterocycles. The highest BCUT2D eigenvalue weighted by molar-refractivity contribution is 6.31. The number of hydrogen-bond acceptors (Lipinski definition) is 3. The van der Waals surface area contributed by atoms with Crippen molar-refractivity contribution in [1.29, 1.82) is 5.26 Å². The van der Waals surface area contributed by atoms with Crippen molar-refractivity contribution in [3.63, 3.8) is 0 Å². The molecule has 0 bridgehead atoms. The normalized spacial score (nSPS) is 12.9. The van der Waals surface area contributed by atoms with Crippen molar-refractivity contribution in [2.75, 3.05) is 0 Å². The molecule has 0 aliphatic rings. The molecule has 0 fully saturated rings. The molecule has 0 saturated carbocycles. The lowest BCUT2D eigenvalue weighted by Crippen LogP contribution is -2.34. The number of halogens is 1. The predicted octanol–water partition coefficient (Wildman–Crippen LogP) is 6.12. The maximum absolute atomic E-state index is 11.4. The van der Waals surface area contributed by atoms with E-state index in [2.05, 4.69) is 46.9 Å².